The molecule has 2 heteroatoms. The van der Waals surface area contributed by atoms with E-state index in [4.69, 9.17) is 5.73 Å². The van der Waals surface area contributed by atoms with Crippen molar-refractivity contribution >= 4 is 0 Å². The van der Waals surface area contributed by atoms with Crippen LogP contribution in [0.3, 0.4) is 0 Å². The highest BCUT2D eigenvalue weighted by atomic mass is 15.1. The monoisotopic (exact) mass is 220 g/mol. The van der Waals surface area contributed by atoms with Crippen molar-refractivity contribution in [3.8, 4) is 0 Å². The summed E-state index contributed by atoms with van der Waals surface area (Å²) in [5.41, 5.74) is 8.24. The summed E-state index contributed by atoms with van der Waals surface area (Å²) in [6.07, 6.45) is 0. The number of benzene rings is 1. The first-order chi connectivity index (χ1) is 7.65. The molecular formula is C14H24N2. The third-order valence-electron chi connectivity index (χ3n) is 2.70. The molecule has 0 atom stereocenters. The average molecular weight is 220 g/mol. The lowest BCUT2D eigenvalue weighted by atomic mass is 10.1. The summed E-state index contributed by atoms with van der Waals surface area (Å²) in [7, 11) is 0. The molecule has 0 bridgehead atoms. The molecule has 0 unspecified atom stereocenters. The highest BCUT2D eigenvalue weighted by Crippen LogP contribution is 2.09. The van der Waals surface area contributed by atoms with E-state index < -0.39 is 0 Å². The van der Waals surface area contributed by atoms with Crippen LogP contribution in [0.4, 0.5) is 0 Å². The van der Waals surface area contributed by atoms with Gasteiger partial charge in [-0.05, 0) is 23.6 Å². The minimum Gasteiger partial charge on any atom is -0.326 e. The Bertz CT molecular complexity index is 307. The van der Waals surface area contributed by atoms with Crippen LogP contribution in [0.5, 0.6) is 0 Å². The standard InChI is InChI=1S/C14H24N2/c1-4-16(10-12(2)3)11-14-7-5-6-13(8-14)9-15/h5-8,12H,4,9-11,15H2,1-3H3. The molecule has 0 amide bonds. The van der Waals surface area contributed by atoms with Crippen molar-refractivity contribution in [3.63, 3.8) is 0 Å². The first-order valence-corrected chi connectivity index (χ1v) is 6.16. The Kier molecular flexibility index (Phi) is 5.50. The maximum atomic E-state index is 5.65. The Morgan fingerprint density at radius 1 is 1.25 bits per heavy atom. The normalized spacial score (nSPS) is 11.4. The van der Waals surface area contributed by atoms with Crippen molar-refractivity contribution < 1.29 is 0 Å². The van der Waals surface area contributed by atoms with E-state index in [0.717, 1.165) is 25.6 Å². The summed E-state index contributed by atoms with van der Waals surface area (Å²) in [6, 6.07) is 8.58. The Labute approximate surface area is 99.5 Å². The van der Waals surface area contributed by atoms with Gasteiger partial charge in [-0.15, -0.1) is 0 Å². The summed E-state index contributed by atoms with van der Waals surface area (Å²) in [6.45, 7) is 10.7. The van der Waals surface area contributed by atoms with E-state index in [9.17, 15) is 0 Å². The highest BCUT2D eigenvalue weighted by molar-refractivity contribution is 5.23. The number of hydrogen-bond acceptors (Lipinski definition) is 2. The lowest BCUT2D eigenvalue weighted by molar-refractivity contribution is 0.248. The Morgan fingerprint density at radius 2 is 1.94 bits per heavy atom. The molecule has 2 nitrogen and oxygen atoms in total. The van der Waals surface area contributed by atoms with E-state index >= 15 is 0 Å². The van der Waals surface area contributed by atoms with E-state index in [1.54, 1.807) is 0 Å². The topological polar surface area (TPSA) is 29.3 Å². The molecule has 0 heterocycles. The van der Waals surface area contributed by atoms with Crippen LogP contribution in [0.15, 0.2) is 24.3 Å². The maximum Gasteiger partial charge on any atom is 0.0233 e. The molecule has 90 valence electrons. The zero-order valence-electron chi connectivity index (χ0n) is 10.7. The zero-order chi connectivity index (χ0) is 12.0. The van der Waals surface area contributed by atoms with Gasteiger partial charge in [-0.25, -0.2) is 0 Å². The van der Waals surface area contributed by atoms with Crippen molar-refractivity contribution in [1.82, 2.24) is 4.90 Å². The van der Waals surface area contributed by atoms with Crippen LogP contribution < -0.4 is 5.73 Å². The van der Waals surface area contributed by atoms with Gasteiger partial charge >= 0.3 is 0 Å². The molecule has 1 rings (SSSR count). The summed E-state index contributed by atoms with van der Waals surface area (Å²) in [5, 5.41) is 0. The van der Waals surface area contributed by atoms with Gasteiger partial charge in [-0.2, -0.15) is 0 Å². The molecule has 0 aliphatic rings. The number of nitrogens with two attached hydrogens (primary N) is 1. The van der Waals surface area contributed by atoms with E-state index in [-0.39, 0.29) is 0 Å². The van der Waals surface area contributed by atoms with Gasteiger partial charge in [0.1, 0.15) is 0 Å². The van der Waals surface area contributed by atoms with Crippen LogP contribution in [0.2, 0.25) is 0 Å². The molecule has 1 aromatic carbocycles. The second-order valence-electron chi connectivity index (χ2n) is 4.75. The van der Waals surface area contributed by atoms with E-state index in [2.05, 4.69) is 49.9 Å². The largest absolute Gasteiger partial charge is 0.326 e. The number of rotatable bonds is 6. The summed E-state index contributed by atoms with van der Waals surface area (Å²) >= 11 is 0. The van der Waals surface area contributed by atoms with Crippen molar-refractivity contribution in [1.29, 1.82) is 0 Å². The third kappa shape index (κ3) is 4.33. The molecule has 0 spiro atoms. The van der Waals surface area contributed by atoms with Gasteiger partial charge in [0, 0.05) is 19.6 Å². The predicted molar refractivity (Wildman–Crippen MR) is 70.1 cm³/mol. The van der Waals surface area contributed by atoms with Gasteiger partial charge in [0.2, 0.25) is 0 Å². The predicted octanol–water partition coefficient (Wildman–Crippen LogP) is 2.62. The van der Waals surface area contributed by atoms with Crippen molar-refractivity contribution in [2.24, 2.45) is 11.7 Å². The van der Waals surface area contributed by atoms with Gasteiger partial charge in [0.15, 0.2) is 0 Å². The molecule has 0 radical (unpaired) electrons. The van der Waals surface area contributed by atoms with E-state index in [0.29, 0.717) is 6.54 Å². The van der Waals surface area contributed by atoms with Gasteiger partial charge in [-0.3, -0.25) is 4.90 Å². The summed E-state index contributed by atoms with van der Waals surface area (Å²) < 4.78 is 0. The minimum atomic E-state index is 0.629. The fourth-order valence-electron chi connectivity index (χ4n) is 1.94. The molecule has 2 N–H and O–H groups in total. The fourth-order valence-corrected chi connectivity index (χ4v) is 1.94. The average Bonchev–Trinajstić information content (AvgIpc) is 2.28. The lowest BCUT2D eigenvalue weighted by Crippen LogP contribution is -2.27. The summed E-state index contributed by atoms with van der Waals surface area (Å²) in [5.74, 6) is 0.720. The van der Waals surface area contributed by atoms with Gasteiger partial charge in [0.25, 0.3) is 0 Å². The molecule has 0 saturated carbocycles. The Hall–Kier alpha value is -0.860. The van der Waals surface area contributed by atoms with Gasteiger partial charge < -0.3 is 5.73 Å². The molecule has 0 aliphatic carbocycles. The first-order valence-electron chi connectivity index (χ1n) is 6.16. The maximum absolute atomic E-state index is 5.65. The van der Waals surface area contributed by atoms with Gasteiger partial charge in [0.05, 0.1) is 0 Å². The van der Waals surface area contributed by atoms with Crippen LogP contribution in [-0.4, -0.2) is 18.0 Å². The van der Waals surface area contributed by atoms with Crippen molar-refractivity contribution in [2.45, 2.75) is 33.9 Å². The van der Waals surface area contributed by atoms with Crippen molar-refractivity contribution in [2.75, 3.05) is 13.1 Å². The second-order valence-corrected chi connectivity index (χ2v) is 4.75. The molecule has 0 fully saturated rings. The van der Waals surface area contributed by atoms with Gasteiger partial charge in [-0.1, -0.05) is 45.0 Å². The number of hydrogen-bond donors (Lipinski definition) is 1. The second kappa shape index (κ2) is 6.66. The number of nitrogens with zero attached hydrogens (tertiary/aromatic N) is 1. The van der Waals surface area contributed by atoms with Crippen molar-refractivity contribution in [3.05, 3.63) is 35.4 Å². The molecule has 1 aromatic rings. The lowest BCUT2D eigenvalue weighted by Gasteiger charge is -2.22. The quantitative estimate of drug-likeness (QED) is 0.798. The van der Waals surface area contributed by atoms with E-state index in [1.165, 1.54) is 11.1 Å². The molecule has 0 aromatic heterocycles. The molecule has 0 aliphatic heterocycles. The molecule has 16 heavy (non-hydrogen) atoms. The van der Waals surface area contributed by atoms with Crippen LogP contribution in [0.1, 0.15) is 31.9 Å². The highest BCUT2D eigenvalue weighted by Gasteiger charge is 2.06. The van der Waals surface area contributed by atoms with E-state index in [1.807, 2.05) is 0 Å². The fraction of sp³-hybridized carbons (Fsp3) is 0.571. The SMILES string of the molecule is CCN(Cc1cccc(CN)c1)CC(C)C. The van der Waals surface area contributed by atoms with Crippen LogP contribution in [-0.2, 0) is 13.1 Å². The summed E-state index contributed by atoms with van der Waals surface area (Å²) in [4.78, 5) is 2.47. The smallest absolute Gasteiger partial charge is 0.0233 e. The minimum absolute atomic E-state index is 0.629. The Morgan fingerprint density at radius 3 is 2.50 bits per heavy atom. The first kappa shape index (κ1) is 13.2. The van der Waals surface area contributed by atoms with Crippen LogP contribution in [0, 0.1) is 5.92 Å². The molecule has 0 saturated heterocycles. The van der Waals surface area contributed by atoms with Crippen LogP contribution in [0.25, 0.3) is 0 Å². The molecular weight excluding hydrogens is 196 g/mol. The third-order valence-corrected chi connectivity index (χ3v) is 2.70. The Balaban J connectivity index is 2.62. The zero-order valence-corrected chi connectivity index (χ0v) is 10.7. The van der Waals surface area contributed by atoms with Crippen LogP contribution >= 0.6 is 0 Å².